The van der Waals surface area contributed by atoms with E-state index in [1.54, 1.807) is 43.5 Å². The Morgan fingerprint density at radius 3 is 2.10 bits per heavy atom. The molecule has 3 rings (SSSR count). The summed E-state index contributed by atoms with van der Waals surface area (Å²) in [4.78, 5) is 24.1. The number of carbonyl (C=O) groups is 2. The number of carbonyl (C=O) groups excluding carboxylic acids is 2. The molecular formula is C22H20N2O5S. The van der Waals surface area contributed by atoms with Crippen LogP contribution in [0, 0.1) is 0 Å². The molecule has 0 aromatic heterocycles. The minimum atomic E-state index is -3.95. The molecule has 0 aliphatic heterocycles. The SMILES string of the molecule is COc1ccc(NC(=O)c2ccccc2NS(=O)(=O)c2ccc(C(C)=O)cc2)cc1. The van der Waals surface area contributed by atoms with Crippen LogP contribution in [0.1, 0.15) is 27.6 Å². The molecule has 0 spiro atoms. The standard InChI is InChI=1S/C22H20N2O5S/c1-15(25)16-7-13-19(14-8-16)30(27,28)24-21-6-4-3-5-20(21)22(26)23-17-9-11-18(29-2)12-10-17/h3-14,24H,1-2H3,(H,23,26). The smallest absolute Gasteiger partial charge is 0.261 e. The Kier molecular flexibility index (Phi) is 6.17. The van der Waals surface area contributed by atoms with Gasteiger partial charge in [0.15, 0.2) is 5.78 Å². The second-order valence-corrected chi connectivity index (χ2v) is 8.10. The molecule has 154 valence electrons. The van der Waals surface area contributed by atoms with Crippen molar-refractivity contribution in [3.63, 3.8) is 0 Å². The quantitative estimate of drug-likeness (QED) is 0.559. The van der Waals surface area contributed by atoms with E-state index in [-0.39, 0.29) is 21.9 Å². The summed E-state index contributed by atoms with van der Waals surface area (Å²) < 4.78 is 33.0. The second-order valence-electron chi connectivity index (χ2n) is 6.41. The molecule has 0 saturated heterocycles. The summed E-state index contributed by atoms with van der Waals surface area (Å²) in [6, 6.07) is 18.6. The van der Waals surface area contributed by atoms with E-state index in [9.17, 15) is 18.0 Å². The average Bonchev–Trinajstić information content (AvgIpc) is 2.74. The molecular weight excluding hydrogens is 404 g/mol. The Balaban J connectivity index is 1.83. The fourth-order valence-corrected chi connectivity index (χ4v) is 3.80. The van der Waals surface area contributed by atoms with Gasteiger partial charge in [-0.05, 0) is 55.5 Å². The number of hydrogen-bond donors (Lipinski definition) is 2. The first-order chi connectivity index (χ1) is 14.3. The van der Waals surface area contributed by atoms with Crippen molar-refractivity contribution in [1.82, 2.24) is 0 Å². The van der Waals surface area contributed by atoms with Gasteiger partial charge >= 0.3 is 0 Å². The highest BCUT2D eigenvalue weighted by Gasteiger charge is 2.19. The lowest BCUT2D eigenvalue weighted by atomic mass is 10.1. The number of ketones is 1. The number of para-hydroxylation sites is 1. The van der Waals surface area contributed by atoms with Gasteiger partial charge in [0, 0.05) is 11.3 Å². The van der Waals surface area contributed by atoms with E-state index >= 15 is 0 Å². The average molecular weight is 424 g/mol. The minimum absolute atomic E-state index is 0.0159. The van der Waals surface area contributed by atoms with Gasteiger partial charge in [0.2, 0.25) is 0 Å². The van der Waals surface area contributed by atoms with Crippen LogP contribution in [0.15, 0.2) is 77.7 Å². The predicted molar refractivity (Wildman–Crippen MR) is 115 cm³/mol. The van der Waals surface area contributed by atoms with Crippen molar-refractivity contribution in [2.45, 2.75) is 11.8 Å². The van der Waals surface area contributed by atoms with E-state index in [1.807, 2.05) is 0 Å². The number of amides is 1. The van der Waals surface area contributed by atoms with Gasteiger partial charge < -0.3 is 10.1 Å². The van der Waals surface area contributed by atoms with Crippen molar-refractivity contribution in [1.29, 1.82) is 0 Å². The number of sulfonamides is 1. The fraction of sp³-hybridized carbons (Fsp3) is 0.0909. The number of nitrogens with one attached hydrogen (secondary N) is 2. The third-order valence-corrected chi connectivity index (χ3v) is 5.72. The summed E-state index contributed by atoms with van der Waals surface area (Å²) in [5.41, 5.74) is 1.25. The Morgan fingerprint density at radius 2 is 1.50 bits per heavy atom. The summed E-state index contributed by atoms with van der Waals surface area (Å²) in [5.74, 6) is 0.0230. The normalized spacial score (nSPS) is 10.9. The van der Waals surface area contributed by atoms with Gasteiger partial charge in [-0.25, -0.2) is 8.42 Å². The summed E-state index contributed by atoms with van der Waals surface area (Å²) in [5, 5.41) is 2.73. The summed E-state index contributed by atoms with van der Waals surface area (Å²) in [6.07, 6.45) is 0. The van der Waals surface area contributed by atoms with Crippen molar-refractivity contribution >= 4 is 33.1 Å². The number of hydrogen-bond acceptors (Lipinski definition) is 5. The van der Waals surface area contributed by atoms with Gasteiger partial charge in [-0.1, -0.05) is 24.3 Å². The van der Waals surface area contributed by atoms with Crippen molar-refractivity contribution in [3.8, 4) is 5.75 Å². The first kappa shape index (κ1) is 21.1. The van der Waals surface area contributed by atoms with Crippen LogP contribution in [0.5, 0.6) is 5.75 Å². The Bertz CT molecular complexity index is 1170. The lowest BCUT2D eigenvalue weighted by molar-refractivity contribution is 0.101. The molecule has 0 unspecified atom stereocenters. The Morgan fingerprint density at radius 1 is 0.867 bits per heavy atom. The number of benzene rings is 3. The van der Waals surface area contributed by atoms with Crippen molar-refractivity contribution < 1.29 is 22.7 Å². The molecule has 0 bridgehead atoms. The van der Waals surface area contributed by atoms with E-state index in [0.29, 0.717) is 17.0 Å². The molecule has 2 N–H and O–H groups in total. The molecule has 3 aromatic carbocycles. The fourth-order valence-electron chi connectivity index (χ4n) is 2.72. The molecule has 3 aromatic rings. The van der Waals surface area contributed by atoms with E-state index < -0.39 is 15.9 Å². The first-order valence-corrected chi connectivity index (χ1v) is 10.5. The Hall–Kier alpha value is -3.65. The highest BCUT2D eigenvalue weighted by molar-refractivity contribution is 7.92. The zero-order chi connectivity index (χ0) is 21.7. The van der Waals surface area contributed by atoms with E-state index in [1.165, 1.54) is 43.3 Å². The summed E-state index contributed by atoms with van der Waals surface area (Å²) in [7, 11) is -2.41. The third kappa shape index (κ3) is 4.84. The molecule has 0 heterocycles. The lowest BCUT2D eigenvalue weighted by Crippen LogP contribution is -2.18. The monoisotopic (exact) mass is 424 g/mol. The summed E-state index contributed by atoms with van der Waals surface area (Å²) in [6.45, 7) is 1.40. The van der Waals surface area contributed by atoms with Gasteiger partial charge in [-0.3, -0.25) is 14.3 Å². The molecule has 0 fully saturated rings. The second kappa shape index (κ2) is 8.79. The van der Waals surface area contributed by atoms with Gasteiger partial charge in [-0.2, -0.15) is 0 Å². The van der Waals surface area contributed by atoms with Crippen LogP contribution in [0.25, 0.3) is 0 Å². The van der Waals surface area contributed by atoms with Crippen molar-refractivity contribution in [3.05, 3.63) is 83.9 Å². The maximum absolute atomic E-state index is 12.7. The molecule has 0 saturated carbocycles. The van der Waals surface area contributed by atoms with Crippen molar-refractivity contribution in [2.24, 2.45) is 0 Å². The lowest BCUT2D eigenvalue weighted by Gasteiger charge is -2.13. The maximum atomic E-state index is 12.7. The van der Waals surface area contributed by atoms with Crippen LogP contribution in [-0.2, 0) is 10.0 Å². The van der Waals surface area contributed by atoms with E-state index in [0.717, 1.165) is 0 Å². The van der Waals surface area contributed by atoms with Gasteiger partial charge in [0.05, 0.1) is 23.3 Å². The van der Waals surface area contributed by atoms with Gasteiger partial charge in [-0.15, -0.1) is 0 Å². The number of methoxy groups -OCH3 is 1. The molecule has 1 amide bonds. The van der Waals surface area contributed by atoms with Crippen LogP contribution >= 0.6 is 0 Å². The predicted octanol–water partition coefficient (Wildman–Crippen LogP) is 3.95. The number of Topliss-reactive ketones (excluding diaryl/α,β-unsaturated/α-hetero) is 1. The molecule has 8 heteroatoms. The van der Waals surface area contributed by atoms with E-state index in [4.69, 9.17) is 4.74 Å². The van der Waals surface area contributed by atoms with Gasteiger partial charge in [0.25, 0.3) is 15.9 Å². The first-order valence-electron chi connectivity index (χ1n) is 8.98. The summed E-state index contributed by atoms with van der Waals surface area (Å²) >= 11 is 0. The Labute approximate surface area is 174 Å². The minimum Gasteiger partial charge on any atom is -0.497 e. The van der Waals surface area contributed by atoms with Crippen LogP contribution in [0.3, 0.4) is 0 Å². The van der Waals surface area contributed by atoms with Crippen LogP contribution < -0.4 is 14.8 Å². The van der Waals surface area contributed by atoms with Crippen molar-refractivity contribution in [2.75, 3.05) is 17.1 Å². The molecule has 30 heavy (non-hydrogen) atoms. The molecule has 0 aliphatic rings. The van der Waals surface area contributed by atoms with E-state index in [2.05, 4.69) is 10.0 Å². The largest absolute Gasteiger partial charge is 0.497 e. The van der Waals surface area contributed by atoms with Crippen LogP contribution in [-0.4, -0.2) is 27.2 Å². The van der Waals surface area contributed by atoms with Crippen LogP contribution in [0.4, 0.5) is 11.4 Å². The number of rotatable bonds is 7. The third-order valence-electron chi connectivity index (χ3n) is 4.34. The zero-order valence-corrected chi connectivity index (χ0v) is 17.2. The van der Waals surface area contributed by atoms with Gasteiger partial charge in [0.1, 0.15) is 5.75 Å². The molecule has 0 aliphatic carbocycles. The number of anilines is 2. The topological polar surface area (TPSA) is 102 Å². The highest BCUT2D eigenvalue weighted by atomic mass is 32.2. The molecule has 0 radical (unpaired) electrons. The number of ether oxygens (including phenoxy) is 1. The molecule has 7 nitrogen and oxygen atoms in total. The molecule has 0 atom stereocenters. The maximum Gasteiger partial charge on any atom is 0.261 e. The van der Waals surface area contributed by atoms with Crippen LogP contribution in [0.2, 0.25) is 0 Å². The highest BCUT2D eigenvalue weighted by Crippen LogP contribution is 2.22. The zero-order valence-electron chi connectivity index (χ0n) is 16.4.